The number of hydrogen-bond donors (Lipinski definition) is 2. The van der Waals surface area contributed by atoms with Crippen LogP contribution in [0.2, 0.25) is 0 Å². The first-order chi connectivity index (χ1) is 14.1. The van der Waals surface area contributed by atoms with Gasteiger partial charge in [0.2, 0.25) is 5.95 Å². The van der Waals surface area contributed by atoms with E-state index in [2.05, 4.69) is 20.3 Å². The third kappa shape index (κ3) is 4.86. The molecule has 1 aliphatic heterocycles. The van der Waals surface area contributed by atoms with Crippen LogP contribution in [-0.2, 0) is 11.8 Å². The molecule has 2 fully saturated rings. The molecule has 3 heterocycles. The Morgan fingerprint density at radius 1 is 1.20 bits per heavy atom. The summed E-state index contributed by atoms with van der Waals surface area (Å²) >= 11 is 0. The normalized spacial score (nSPS) is 22.8. The molecule has 2 aromatic rings. The number of hydrogen-bond acceptors (Lipinski definition) is 6. The van der Waals surface area contributed by atoms with Gasteiger partial charge in [0.15, 0.2) is 5.82 Å². The molecule has 30 heavy (non-hydrogen) atoms. The Hall–Kier alpha value is -3.18. The number of carbonyl (C=O) groups excluding carboxylic acids is 1. The van der Waals surface area contributed by atoms with Crippen molar-refractivity contribution in [2.45, 2.75) is 31.5 Å². The number of likely N-dealkylation sites (tertiary alicyclic amines) is 1. The summed E-state index contributed by atoms with van der Waals surface area (Å²) < 4.78 is 33.5. The summed E-state index contributed by atoms with van der Waals surface area (Å²) in [7, 11) is 1.86. The number of alkyl halides is 3. The largest absolute Gasteiger partial charge is 0.490 e. The molecule has 1 aliphatic carbocycles. The van der Waals surface area contributed by atoms with Crippen LogP contribution < -0.4 is 5.32 Å². The Kier molecular flexibility index (Phi) is 5.94. The topological polar surface area (TPSA) is 113 Å². The standard InChI is InChI=1S/C16H20N6O.C2HF3O2/c1-21-8-6-17-13(21)14(23)22-7-3-16(11-22)9-12(10-16)20-15-18-4-2-5-19-15;3-2(4,5)1(6)7/h2,4-6,8,12H,3,7,9-11H2,1H3,(H,18,19,20);(H,6,7). The number of halogens is 3. The third-order valence-corrected chi connectivity index (χ3v) is 5.24. The fraction of sp³-hybridized carbons (Fsp3) is 0.500. The first-order valence-electron chi connectivity index (χ1n) is 9.20. The Balaban J connectivity index is 0.000000318. The summed E-state index contributed by atoms with van der Waals surface area (Å²) in [5.41, 5.74) is 0.257. The molecule has 0 atom stereocenters. The molecule has 1 saturated heterocycles. The number of anilines is 1. The molecule has 0 bridgehead atoms. The number of nitrogens with zero attached hydrogens (tertiary/aromatic N) is 5. The molecule has 4 rings (SSSR count). The van der Waals surface area contributed by atoms with Crippen molar-refractivity contribution in [2.24, 2.45) is 12.5 Å². The quantitative estimate of drug-likeness (QED) is 0.771. The third-order valence-electron chi connectivity index (χ3n) is 5.24. The highest BCUT2D eigenvalue weighted by Gasteiger charge is 2.50. The van der Waals surface area contributed by atoms with E-state index in [0.717, 1.165) is 32.4 Å². The van der Waals surface area contributed by atoms with Crippen LogP contribution in [0, 0.1) is 5.41 Å². The molecule has 2 aromatic heterocycles. The first kappa shape index (κ1) is 21.5. The molecule has 9 nitrogen and oxygen atoms in total. The molecule has 0 aromatic carbocycles. The Labute approximate surface area is 169 Å². The van der Waals surface area contributed by atoms with Crippen LogP contribution >= 0.6 is 0 Å². The van der Waals surface area contributed by atoms with Crippen molar-refractivity contribution in [3.8, 4) is 0 Å². The first-order valence-corrected chi connectivity index (χ1v) is 9.20. The number of aryl methyl sites for hydroxylation is 1. The van der Waals surface area contributed by atoms with Gasteiger partial charge in [0, 0.05) is 51.0 Å². The molecular weight excluding hydrogens is 405 g/mol. The second-order valence-electron chi connectivity index (χ2n) is 7.46. The Morgan fingerprint density at radius 2 is 1.83 bits per heavy atom. The highest BCUT2D eigenvalue weighted by atomic mass is 19.4. The van der Waals surface area contributed by atoms with E-state index in [1.165, 1.54) is 0 Å². The maximum Gasteiger partial charge on any atom is 0.490 e. The summed E-state index contributed by atoms with van der Waals surface area (Å²) in [5.74, 6) is -1.51. The minimum atomic E-state index is -5.08. The van der Waals surface area contributed by atoms with Gasteiger partial charge >= 0.3 is 12.1 Å². The van der Waals surface area contributed by atoms with E-state index in [4.69, 9.17) is 9.90 Å². The number of imidazole rings is 1. The van der Waals surface area contributed by atoms with Crippen LogP contribution in [0.3, 0.4) is 0 Å². The number of carboxylic acids is 1. The van der Waals surface area contributed by atoms with Crippen LogP contribution in [0.5, 0.6) is 0 Å². The lowest BCUT2D eigenvalue weighted by atomic mass is 9.65. The van der Waals surface area contributed by atoms with Crippen LogP contribution in [-0.4, -0.2) is 66.7 Å². The van der Waals surface area contributed by atoms with Gasteiger partial charge in [-0.3, -0.25) is 4.79 Å². The number of carbonyl (C=O) groups is 2. The number of rotatable bonds is 3. The minimum absolute atomic E-state index is 0.0391. The van der Waals surface area contributed by atoms with Crippen molar-refractivity contribution in [3.05, 3.63) is 36.7 Å². The zero-order valence-electron chi connectivity index (χ0n) is 16.1. The van der Waals surface area contributed by atoms with Crippen LogP contribution in [0.4, 0.5) is 19.1 Å². The molecule has 1 spiro atoms. The van der Waals surface area contributed by atoms with Gasteiger partial charge in [-0.2, -0.15) is 13.2 Å². The van der Waals surface area contributed by atoms with Crippen molar-refractivity contribution in [1.82, 2.24) is 24.4 Å². The fourth-order valence-corrected chi connectivity index (χ4v) is 3.80. The maximum atomic E-state index is 12.5. The smallest absolute Gasteiger partial charge is 0.475 e. The lowest BCUT2D eigenvalue weighted by molar-refractivity contribution is -0.192. The van der Waals surface area contributed by atoms with Gasteiger partial charge in [0.05, 0.1) is 0 Å². The molecule has 1 amide bonds. The van der Waals surface area contributed by atoms with E-state index in [1.807, 2.05) is 24.2 Å². The fourth-order valence-electron chi connectivity index (χ4n) is 3.80. The molecule has 0 unspecified atom stereocenters. The number of carboxylic acid groups (broad SMARTS) is 1. The van der Waals surface area contributed by atoms with Crippen molar-refractivity contribution < 1.29 is 27.9 Å². The van der Waals surface area contributed by atoms with E-state index >= 15 is 0 Å². The summed E-state index contributed by atoms with van der Waals surface area (Å²) in [5, 5.41) is 10.5. The zero-order chi connectivity index (χ0) is 21.9. The summed E-state index contributed by atoms with van der Waals surface area (Å²) in [4.78, 5) is 35.9. The van der Waals surface area contributed by atoms with Crippen LogP contribution in [0.1, 0.15) is 29.9 Å². The highest BCUT2D eigenvalue weighted by Crippen LogP contribution is 2.49. The summed E-state index contributed by atoms with van der Waals surface area (Å²) in [6.45, 7) is 1.65. The van der Waals surface area contributed by atoms with Gasteiger partial charge in [-0.15, -0.1) is 0 Å². The number of amides is 1. The number of aliphatic carboxylic acids is 1. The van der Waals surface area contributed by atoms with Crippen molar-refractivity contribution in [1.29, 1.82) is 0 Å². The molecule has 2 N–H and O–H groups in total. The Morgan fingerprint density at radius 3 is 2.37 bits per heavy atom. The van der Waals surface area contributed by atoms with Crippen LogP contribution in [0.15, 0.2) is 30.9 Å². The van der Waals surface area contributed by atoms with Gasteiger partial charge in [-0.05, 0) is 30.7 Å². The van der Waals surface area contributed by atoms with Crippen molar-refractivity contribution in [2.75, 3.05) is 18.4 Å². The SMILES string of the molecule is Cn1ccnc1C(=O)N1CCC2(CC(Nc3ncccn3)C2)C1.O=C(O)C(F)(F)F. The predicted octanol–water partition coefficient (Wildman–Crippen LogP) is 1.95. The predicted molar refractivity (Wildman–Crippen MR) is 98.5 cm³/mol. The summed E-state index contributed by atoms with van der Waals surface area (Å²) in [6, 6.07) is 2.21. The van der Waals surface area contributed by atoms with E-state index in [1.54, 1.807) is 23.2 Å². The molecule has 0 radical (unpaired) electrons. The monoisotopic (exact) mass is 426 g/mol. The van der Waals surface area contributed by atoms with Crippen molar-refractivity contribution >= 4 is 17.8 Å². The minimum Gasteiger partial charge on any atom is -0.475 e. The van der Waals surface area contributed by atoms with Gasteiger partial charge in [-0.25, -0.2) is 19.7 Å². The van der Waals surface area contributed by atoms with E-state index in [-0.39, 0.29) is 11.3 Å². The van der Waals surface area contributed by atoms with Gasteiger partial charge in [0.1, 0.15) is 0 Å². The van der Waals surface area contributed by atoms with E-state index in [9.17, 15) is 18.0 Å². The second kappa shape index (κ2) is 8.28. The average Bonchev–Trinajstić information content (AvgIpc) is 3.28. The van der Waals surface area contributed by atoms with Crippen molar-refractivity contribution in [3.63, 3.8) is 0 Å². The maximum absolute atomic E-state index is 12.5. The molecule has 1 saturated carbocycles. The number of aromatic nitrogens is 4. The van der Waals surface area contributed by atoms with E-state index < -0.39 is 12.1 Å². The Bertz CT molecular complexity index is 896. The number of nitrogens with one attached hydrogen (secondary N) is 1. The lowest BCUT2D eigenvalue weighted by Crippen LogP contribution is -2.47. The summed E-state index contributed by atoms with van der Waals surface area (Å²) in [6.07, 6.45) is 5.08. The zero-order valence-corrected chi connectivity index (χ0v) is 16.1. The van der Waals surface area contributed by atoms with Gasteiger partial charge in [-0.1, -0.05) is 0 Å². The molecule has 2 aliphatic rings. The van der Waals surface area contributed by atoms with Gasteiger partial charge in [0.25, 0.3) is 5.91 Å². The molecular formula is C18H21F3N6O3. The average molecular weight is 426 g/mol. The second-order valence-corrected chi connectivity index (χ2v) is 7.46. The highest BCUT2D eigenvalue weighted by molar-refractivity contribution is 5.91. The molecule has 12 heteroatoms. The lowest BCUT2D eigenvalue weighted by Gasteiger charge is -2.45. The van der Waals surface area contributed by atoms with Gasteiger partial charge < -0.3 is 19.9 Å². The van der Waals surface area contributed by atoms with E-state index in [0.29, 0.717) is 17.8 Å². The molecule has 162 valence electrons. The van der Waals surface area contributed by atoms with Crippen LogP contribution in [0.25, 0.3) is 0 Å².